The molecular formula is C24H31ClN4O3. The smallest absolute Gasteiger partial charge is 0.153 e. The summed E-state index contributed by atoms with van der Waals surface area (Å²) in [5.41, 5.74) is 0.486. The number of aliphatic hydroxyl groups is 1. The standard InChI is InChI=1S/C24H31ClN4O3/c1-16(12-17(2)30)18-4-6-19(7-5-18)32-20-8-11-29(13-20)23-21(25)22(27-15-28-23)26-14-24(31)9-3-10-24/h4-7,15-16,20,31H,3,8-14H2,1-2H3,(H,26,27,28)/t16-,20-/m1/s1. The summed E-state index contributed by atoms with van der Waals surface area (Å²) in [7, 11) is 0. The van der Waals surface area contributed by atoms with Crippen LogP contribution in [0.2, 0.25) is 5.02 Å². The van der Waals surface area contributed by atoms with Gasteiger partial charge in [-0.1, -0.05) is 30.7 Å². The van der Waals surface area contributed by atoms with Crippen LogP contribution < -0.4 is 15.0 Å². The molecule has 2 aromatic rings. The summed E-state index contributed by atoms with van der Waals surface area (Å²) < 4.78 is 6.18. The summed E-state index contributed by atoms with van der Waals surface area (Å²) in [6, 6.07) is 8.01. The number of carbonyl (C=O) groups excluding carboxylic acids is 1. The number of ether oxygens (including phenoxy) is 1. The van der Waals surface area contributed by atoms with Crippen LogP contribution >= 0.6 is 11.6 Å². The van der Waals surface area contributed by atoms with Crippen molar-refractivity contribution in [2.45, 2.75) is 63.6 Å². The first-order valence-electron chi connectivity index (χ1n) is 11.3. The number of Topliss-reactive ketones (excluding diaryl/α,β-unsaturated/α-hetero) is 1. The van der Waals surface area contributed by atoms with Gasteiger partial charge >= 0.3 is 0 Å². The van der Waals surface area contributed by atoms with Crippen LogP contribution in [-0.2, 0) is 4.79 Å². The summed E-state index contributed by atoms with van der Waals surface area (Å²) in [5.74, 6) is 2.46. The molecule has 2 fully saturated rings. The molecule has 0 spiro atoms. The molecule has 0 amide bonds. The van der Waals surface area contributed by atoms with E-state index in [9.17, 15) is 9.90 Å². The predicted octanol–water partition coefficient (Wildman–Crippen LogP) is 4.20. The molecule has 1 aliphatic heterocycles. The molecule has 1 aromatic heterocycles. The van der Waals surface area contributed by atoms with E-state index >= 15 is 0 Å². The third-order valence-electron chi connectivity index (χ3n) is 6.43. The van der Waals surface area contributed by atoms with Crippen molar-refractivity contribution in [2.24, 2.45) is 0 Å². The molecular weight excluding hydrogens is 428 g/mol. The van der Waals surface area contributed by atoms with Crippen molar-refractivity contribution >= 4 is 29.0 Å². The summed E-state index contributed by atoms with van der Waals surface area (Å²) in [5, 5.41) is 14.0. The van der Waals surface area contributed by atoms with E-state index in [1.807, 2.05) is 24.3 Å². The lowest BCUT2D eigenvalue weighted by Gasteiger charge is -2.36. The fourth-order valence-electron chi connectivity index (χ4n) is 4.35. The SMILES string of the molecule is CC(=O)C[C@@H](C)c1ccc(O[C@@H]2CCN(c3ncnc(NCC4(O)CCC4)c3Cl)C2)cc1. The second-order valence-electron chi connectivity index (χ2n) is 9.14. The van der Waals surface area contributed by atoms with Gasteiger partial charge < -0.3 is 24.9 Å². The zero-order chi connectivity index (χ0) is 22.7. The average molecular weight is 459 g/mol. The molecule has 1 saturated carbocycles. The molecule has 2 aliphatic rings. The maximum atomic E-state index is 11.4. The quantitative estimate of drug-likeness (QED) is 0.582. The predicted molar refractivity (Wildman–Crippen MR) is 126 cm³/mol. The normalized spacial score (nSPS) is 20.5. The molecule has 1 aliphatic carbocycles. The van der Waals surface area contributed by atoms with Crippen molar-refractivity contribution in [2.75, 3.05) is 29.9 Å². The van der Waals surface area contributed by atoms with Crippen LogP contribution in [-0.4, -0.2) is 52.2 Å². The van der Waals surface area contributed by atoms with E-state index in [1.165, 1.54) is 6.33 Å². The first-order chi connectivity index (χ1) is 15.3. The van der Waals surface area contributed by atoms with E-state index in [0.29, 0.717) is 36.2 Å². The Balaban J connectivity index is 1.34. The molecule has 2 atom stereocenters. The molecule has 32 heavy (non-hydrogen) atoms. The second-order valence-corrected chi connectivity index (χ2v) is 9.52. The minimum Gasteiger partial charge on any atom is -0.489 e. The lowest BCUT2D eigenvalue weighted by Crippen LogP contribution is -2.43. The van der Waals surface area contributed by atoms with E-state index in [4.69, 9.17) is 16.3 Å². The number of hydrogen-bond donors (Lipinski definition) is 2. The zero-order valence-corrected chi connectivity index (χ0v) is 19.4. The number of nitrogens with zero attached hydrogens (tertiary/aromatic N) is 3. The number of anilines is 2. The third-order valence-corrected chi connectivity index (χ3v) is 6.78. The van der Waals surface area contributed by atoms with Gasteiger partial charge in [0.05, 0.1) is 12.1 Å². The van der Waals surface area contributed by atoms with Crippen molar-refractivity contribution in [1.82, 2.24) is 9.97 Å². The Bertz CT molecular complexity index is 949. The largest absolute Gasteiger partial charge is 0.489 e. The molecule has 8 heteroatoms. The number of carbonyl (C=O) groups is 1. The number of halogens is 1. The summed E-state index contributed by atoms with van der Waals surface area (Å²) in [6.45, 7) is 5.60. The highest BCUT2D eigenvalue weighted by Gasteiger charge is 2.34. The van der Waals surface area contributed by atoms with Gasteiger partial charge in [0.15, 0.2) is 11.6 Å². The number of aromatic nitrogens is 2. The van der Waals surface area contributed by atoms with E-state index in [1.54, 1.807) is 6.92 Å². The van der Waals surface area contributed by atoms with Crippen LogP contribution in [0.1, 0.15) is 57.4 Å². The number of benzene rings is 1. The number of ketones is 1. The highest BCUT2D eigenvalue weighted by molar-refractivity contribution is 6.35. The van der Waals surface area contributed by atoms with Crippen LogP contribution in [0.25, 0.3) is 0 Å². The van der Waals surface area contributed by atoms with Crippen molar-refractivity contribution < 1.29 is 14.6 Å². The van der Waals surface area contributed by atoms with Crippen molar-refractivity contribution in [1.29, 1.82) is 0 Å². The van der Waals surface area contributed by atoms with Gasteiger partial charge in [0.2, 0.25) is 0 Å². The van der Waals surface area contributed by atoms with E-state index < -0.39 is 5.60 Å². The van der Waals surface area contributed by atoms with Crippen molar-refractivity contribution in [3.8, 4) is 5.75 Å². The Hall–Kier alpha value is -2.38. The Kier molecular flexibility index (Phi) is 6.86. The van der Waals surface area contributed by atoms with Gasteiger partial charge in [-0.05, 0) is 49.8 Å². The van der Waals surface area contributed by atoms with Gasteiger partial charge in [0.1, 0.15) is 29.0 Å². The molecule has 2 N–H and O–H groups in total. The van der Waals surface area contributed by atoms with Gasteiger partial charge in [-0.25, -0.2) is 9.97 Å². The monoisotopic (exact) mass is 458 g/mol. The summed E-state index contributed by atoms with van der Waals surface area (Å²) >= 11 is 6.59. The lowest BCUT2D eigenvalue weighted by atomic mass is 9.80. The highest BCUT2D eigenvalue weighted by Crippen LogP contribution is 2.35. The number of rotatable bonds is 9. The Morgan fingerprint density at radius 3 is 2.75 bits per heavy atom. The van der Waals surface area contributed by atoms with Crippen molar-refractivity contribution in [3.63, 3.8) is 0 Å². The van der Waals surface area contributed by atoms with E-state index in [0.717, 1.165) is 43.5 Å². The van der Waals surface area contributed by atoms with Gasteiger partial charge in [-0.3, -0.25) is 0 Å². The third kappa shape index (κ3) is 5.33. The molecule has 0 bridgehead atoms. The van der Waals surface area contributed by atoms with Crippen molar-refractivity contribution in [3.05, 3.63) is 41.2 Å². The van der Waals surface area contributed by atoms with Gasteiger partial charge in [0, 0.05) is 25.9 Å². The molecule has 0 unspecified atom stereocenters. The number of hydrogen-bond acceptors (Lipinski definition) is 7. The van der Waals surface area contributed by atoms with Crippen LogP contribution in [0.4, 0.5) is 11.6 Å². The minimum atomic E-state index is -0.652. The van der Waals surface area contributed by atoms with E-state index in [-0.39, 0.29) is 17.8 Å². The maximum Gasteiger partial charge on any atom is 0.153 e. The van der Waals surface area contributed by atoms with E-state index in [2.05, 4.69) is 27.1 Å². The molecule has 4 rings (SSSR count). The first kappa shape index (κ1) is 22.8. The average Bonchev–Trinajstić information content (AvgIpc) is 3.20. The maximum absolute atomic E-state index is 11.4. The summed E-state index contributed by atoms with van der Waals surface area (Å²) in [4.78, 5) is 22.1. The number of nitrogens with one attached hydrogen (secondary N) is 1. The highest BCUT2D eigenvalue weighted by atomic mass is 35.5. The van der Waals surface area contributed by atoms with Gasteiger partial charge in [-0.2, -0.15) is 0 Å². The van der Waals surface area contributed by atoms with Gasteiger partial charge in [0.25, 0.3) is 0 Å². The zero-order valence-electron chi connectivity index (χ0n) is 18.7. The Morgan fingerprint density at radius 1 is 1.34 bits per heavy atom. The minimum absolute atomic E-state index is 0.0358. The molecule has 2 heterocycles. The molecule has 1 saturated heterocycles. The van der Waals surface area contributed by atoms with Crippen LogP contribution in [0.5, 0.6) is 5.75 Å². The van der Waals surface area contributed by atoms with Crippen LogP contribution in [0, 0.1) is 0 Å². The Labute approximate surface area is 194 Å². The summed E-state index contributed by atoms with van der Waals surface area (Å²) in [6.07, 6.45) is 5.61. The Morgan fingerprint density at radius 2 is 2.09 bits per heavy atom. The molecule has 0 radical (unpaired) electrons. The molecule has 172 valence electrons. The fraction of sp³-hybridized carbons (Fsp3) is 0.542. The van der Waals surface area contributed by atoms with Crippen LogP contribution in [0.3, 0.4) is 0 Å². The molecule has 7 nitrogen and oxygen atoms in total. The van der Waals surface area contributed by atoms with Crippen LogP contribution in [0.15, 0.2) is 30.6 Å². The molecule has 1 aromatic carbocycles. The first-order valence-corrected chi connectivity index (χ1v) is 11.7. The lowest BCUT2D eigenvalue weighted by molar-refractivity contribution is -0.117. The topological polar surface area (TPSA) is 87.6 Å². The van der Waals surface area contributed by atoms with Gasteiger partial charge in [-0.15, -0.1) is 0 Å². The second kappa shape index (κ2) is 9.63. The fourth-order valence-corrected chi connectivity index (χ4v) is 4.63.